The second-order valence-electron chi connectivity index (χ2n) is 5.09. The van der Waals surface area contributed by atoms with Crippen LogP contribution < -0.4 is 15.4 Å². The molecule has 1 aliphatic rings. The van der Waals surface area contributed by atoms with Gasteiger partial charge in [0, 0.05) is 31.4 Å². The second kappa shape index (κ2) is 9.39. The molecule has 3 N–H and O–H groups in total. The van der Waals surface area contributed by atoms with Crippen LogP contribution in [0.25, 0.3) is 0 Å². The highest BCUT2D eigenvalue weighted by Crippen LogP contribution is 2.22. The Morgan fingerprint density at radius 2 is 2.17 bits per heavy atom. The van der Waals surface area contributed by atoms with Gasteiger partial charge in [-0.3, -0.25) is 4.79 Å². The van der Waals surface area contributed by atoms with Crippen LogP contribution in [0.1, 0.15) is 18.2 Å². The van der Waals surface area contributed by atoms with Crippen molar-refractivity contribution in [3.8, 4) is 0 Å². The molecule has 1 aliphatic heterocycles. The zero-order chi connectivity index (χ0) is 16.0. The first-order valence-electron chi connectivity index (χ1n) is 7.19. The van der Waals surface area contributed by atoms with E-state index >= 15 is 0 Å². The van der Waals surface area contributed by atoms with E-state index < -0.39 is 10.0 Å². The van der Waals surface area contributed by atoms with E-state index in [1.54, 1.807) is 12.1 Å². The Hall–Kier alpha value is -0.930. The molecule has 2 heterocycles. The third-order valence-corrected chi connectivity index (χ3v) is 6.33. The van der Waals surface area contributed by atoms with E-state index in [-0.39, 0.29) is 18.3 Å². The quantitative estimate of drug-likeness (QED) is 0.618. The molecule has 0 spiro atoms. The average molecular weight is 380 g/mol. The van der Waals surface area contributed by atoms with Gasteiger partial charge in [0.2, 0.25) is 15.9 Å². The van der Waals surface area contributed by atoms with Gasteiger partial charge in [0.15, 0.2) is 0 Å². The predicted molar refractivity (Wildman–Crippen MR) is 94.7 cm³/mol. The molecule has 6 nitrogen and oxygen atoms in total. The number of hydrogen-bond donors (Lipinski definition) is 3. The largest absolute Gasteiger partial charge is 0.356 e. The van der Waals surface area contributed by atoms with E-state index in [9.17, 15) is 13.2 Å². The first kappa shape index (κ1) is 20.1. The smallest absolute Gasteiger partial charge is 0.250 e. The zero-order valence-electron chi connectivity index (χ0n) is 12.9. The van der Waals surface area contributed by atoms with Crippen molar-refractivity contribution in [1.82, 2.24) is 15.4 Å². The van der Waals surface area contributed by atoms with Crippen LogP contribution in [0.5, 0.6) is 0 Å². The molecule has 0 radical (unpaired) electrons. The molecule has 0 atom stereocenters. The Kier molecular flexibility index (Phi) is 8.21. The van der Waals surface area contributed by atoms with Gasteiger partial charge >= 0.3 is 0 Å². The van der Waals surface area contributed by atoms with Gasteiger partial charge in [0.05, 0.1) is 0 Å². The van der Waals surface area contributed by atoms with Crippen LogP contribution in [0.3, 0.4) is 0 Å². The van der Waals surface area contributed by atoms with Gasteiger partial charge in [-0.2, -0.15) is 0 Å². The SMILES string of the molecule is CC(=O)NCCc1ccc(S(=O)(=O)NCC2=CCNCC2)s1.Cl. The normalized spacial score (nSPS) is 14.7. The molecular weight excluding hydrogens is 358 g/mol. The van der Waals surface area contributed by atoms with Gasteiger partial charge in [-0.05, 0) is 31.5 Å². The van der Waals surface area contributed by atoms with Gasteiger partial charge in [-0.1, -0.05) is 11.6 Å². The number of thiophene rings is 1. The summed E-state index contributed by atoms with van der Waals surface area (Å²) in [5, 5.41) is 5.89. The minimum Gasteiger partial charge on any atom is -0.356 e. The van der Waals surface area contributed by atoms with Crippen molar-refractivity contribution in [3.63, 3.8) is 0 Å². The number of carbonyl (C=O) groups excluding carboxylic acids is 1. The molecule has 0 aliphatic carbocycles. The van der Waals surface area contributed by atoms with Crippen LogP contribution in [-0.4, -0.2) is 40.5 Å². The predicted octanol–water partition coefficient (Wildman–Crippen LogP) is 1.05. The first-order chi connectivity index (χ1) is 10.5. The van der Waals surface area contributed by atoms with E-state index in [1.807, 2.05) is 6.08 Å². The minimum atomic E-state index is -3.46. The van der Waals surface area contributed by atoms with E-state index in [1.165, 1.54) is 18.3 Å². The topological polar surface area (TPSA) is 87.3 Å². The van der Waals surface area contributed by atoms with Crippen molar-refractivity contribution in [2.45, 2.75) is 24.0 Å². The van der Waals surface area contributed by atoms with Crippen molar-refractivity contribution in [2.24, 2.45) is 0 Å². The maximum atomic E-state index is 12.3. The molecule has 0 fully saturated rings. The third kappa shape index (κ3) is 6.60. The van der Waals surface area contributed by atoms with Crippen LogP contribution in [0.4, 0.5) is 0 Å². The molecule has 2 rings (SSSR count). The lowest BCUT2D eigenvalue weighted by Gasteiger charge is -2.14. The van der Waals surface area contributed by atoms with E-state index in [4.69, 9.17) is 0 Å². The molecule has 23 heavy (non-hydrogen) atoms. The Bertz CT molecular complexity index is 656. The highest BCUT2D eigenvalue weighted by Gasteiger charge is 2.17. The lowest BCUT2D eigenvalue weighted by atomic mass is 10.1. The van der Waals surface area contributed by atoms with Crippen molar-refractivity contribution < 1.29 is 13.2 Å². The molecule has 0 saturated heterocycles. The number of sulfonamides is 1. The lowest BCUT2D eigenvalue weighted by molar-refractivity contribution is -0.118. The fourth-order valence-electron chi connectivity index (χ4n) is 2.09. The van der Waals surface area contributed by atoms with Crippen molar-refractivity contribution >= 4 is 39.7 Å². The first-order valence-corrected chi connectivity index (χ1v) is 9.49. The third-order valence-electron chi connectivity index (χ3n) is 3.29. The summed E-state index contributed by atoms with van der Waals surface area (Å²) in [5.74, 6) is -0.0821. The molecule has 1 aromatic rings. The van der Waals surface area contributed by atoms with Gasteiger partial charge in [0.1, 0.15) is 4.21 Å². The molecule has 9 heteroatoms. The van der Waals surface area contributed by atoms with Crippen LogP contribution in [0.2, 0.25) is 0 Å². The fraction of sp³-hybridized carbons (Fsp3) is 0.500. The number of halogens is 1. The highest BCUT2D eigenvalue weighted by atomic mass is 35.5. The van der Waals surface area contributed by atoms with Gasteiger partial charge in [-0.25, -0.2) is 13.1 Å². The fourth-order valence-corrected chi connectivity index (χ4v) is 4.52. The minimum absolute atomic E-state index is 0. The summed E-state index contributed by atoms with van der Waals surface area (Å²) in [4.78, 5) is 11.8. The summed E-state index contributed by atoms with van der Waals surface area (Å²) in [5.41, 5.74) is 1.12. The molecule has 0 bridgehead atoms. The van der Waals surface area contributed by atoms with E-state index in [0.29, 0.717) is 23.7 Å². The summed E-state index contributed by atoms with van der Waals surface area (Å²) >= 11 is 1.24. The van der Waals surface area contributed by atoms with Gasteiger partial charge < -0.3 is 10.6 Å². The molecule has 130 valence electrons. The zero-order valence-corrected chi connectivity index (χ0v) is 15.4. The summed E-state index contributed by atoms with van der Waals surface area (Å²) in [6.45, 7) is 4.03. The molecular formula is C14H22ClN3O3S2. The van der Waals surface area contributed by atoms with Crippen molar-refractivity contribution in [1.29, 1.82) is 0 Å². The van der Waals surface area contributed by atoms with Gasteiger partial charge in [-0.15, -0.1) is 23.7 Å². The second-order valence-corrected chi connectivity index (χ2v) is 8.26. The summed E-state index contributed by atoms with van der Waals surface area (Å²) < 4.78 is 27.5. The van der Waals surface area contributed by atoms with E-state index in [0.717, 1.165) is 30.0 Å². The van der Waals surface area contributed by atoms with Crippen LogP contribution in [0.15, 0.2) is 28.0 Å². The lowest BCUT2D eigenvalue weighted by Crippen LogP contribution is -2.29. The number of hydrogen-bond acceptors (Lipinski definition) is 5. The summed E-state index contributed by atoms with van der Waals surface area (Å²) in [6.07, 6.45) is 3.53. The highest BCUT2D eigenvalue weighted by molar-refractivity contribution is 7.91. The maximum Gasteiger partial charge on any atom is 0.250 e. The molecule has 0 saturated carbocycles. The average Bonchev–Trinajstić information content (AvgIpc) is 2.96. The number of rotatable bonds is 7. The number of amides is 1. The van der Waals surface area contributed by atoms with Crippen molar-refractivity contribution in [3.05, 3.63) is 28.7 Å². The van der Waals surface area contributed by atoms with Gasteiger partial charge in [0.25, 0.3) is 0 Å². The molecule has 0 unspecified atom stereocenters. The molecule has 0 aromatic carbocycles. The Morgan fingerprint density at radius 1 is 1.39 bits per heavy atom. The van der Waals surface area contributed by atoms with Crippen LogP contribution in [-0.2, 0) is 21.2 Å². The number of carbonyl (C=O) groups is 1. The monoisotopic (exact) mass is 379 g/mol. The van der Waals surface area contributed by atoms with E-state index in [2.05, 4.69) is 15.4 Å². The van der Waals surface area contributed by atoms with Crippen molar-refractivity contribution in [2.75, 3.05) is 26.2 Å². The number of nitrogens with one attached hydrogen (secondary N) is 3. The Balaban J connectivity index is 0.00000264. The van der Waals surface area contributed by atoms with Crippen LogP contribution in [0, 0.1) is 0 Å². The molecule has 1 amide bonds. The molecule has 1 aromatic heterocycles. The van der Waals surface area contributed by atoms with Crippen LogP contribution >= 0.6 is 23.7 Å². The Labute approximate surface area is 147 Å². The summed E-state index contributed by atoms with van der Waals surface area (Å²) in [7, 11) is -3.46. The standard InChI is InChI=1S/C14H21N3O3S2.ClH/c1-11(18)16-9-6-13-2-3-14(21-13)22(19,20)17-10-12-4-7-15-8-5-12;/h2-4,15,17H,5-10H2,1H3,(H,16,18);1H. The Morgan fingerprint density at radius 3 is 2.83 bits per heavy atom. The summed E-state index contributed by atoms with van der Waals surface area (Å²) in [6, 6.07) is 3.41. The maximum absolute atomic E-state index is 12.3.